The SMILES string of the molecule is Cc1ccc(-c2cnc(-c3cc4c(cn3)-c3cnc(OCC5(C(=O)O)CCC5)cc3C4)[nH]2)cc1. The lowest BCUT2D eigenvalue weighted by Crippen LogP contribution is -2.43. The Kier molecular flexibility index (Phi) is 4.72. The topological polar surface area (TPSA) is 101 Å². The van der Waals surface area contributed by atoms with Gasteiger partial charge < -0.3 is 14.8 Å². The molecule has 0 amide bonds. The largest absolute Gasteiger partial charge is 0.481 e. The molecule has 34 heavy (non-hydrogen) atoms. The van der Waals surface area contributed by atoms with Crippen LogP contribution < -0.4 is 4.74 Å². The third-order valence-electron chi connectivity index (χ3n) is 7.07. The van der Waals surface area contributed by atoms with E-state index >= 15 is 0 Å². The second-order valence-electron chi connectivity index (χ2n) is 9.32. The van der Waals surface area contributed by atoms with Gasteiger partial charge in [0.25, 0.3) is 0 Å². The highest BCUT2D eigenvalue weighted by Crippen LogP contribution is 2.42. The summed E-state index contributed by atoms with van der Waals surface area (Å²) in [4.78, 5) is 28.6. The Bertz CT molecular complexity index is 1400. The summed E-state index contributed by atoms with van der Waals surface area (Å²) in [5.41, 5.74) is 7.66. The van der Waals surface area contributed by atoms with E-state index in [4.69, 9.17) is 4.74 Å². The van der Waals surface area contributed by atoms with E-state index < -0.39 is 11.4 Å². The van der Waals surface area contributed by atoms with Crippen LogP contribution in [0.4, 0.5) is 0 Å². The molecular weight excluding hydrogens is 428 g/mol. The van der Waals surface area contributed by atoms with Crippen molar-refractivity contribution in [3.05, 3.63) is 71.7 Å². The van der Waals surface area contributed by atoms with Crippen molar-refractivity contribution >= 4 is 5.97 Å². The number of imidazole rings is 1. The fourth-order valence-electron chi connectivity index (χ4n) is 4.73. The number of ether oxygens (including phenoxy) is 1. The van der Waals surface area contributed by atoms with Crippen molar-refractivity contribution in [1.29, 1.82) is 0 Å². The maximum Gasteiger partial charge on any atom is 0.313 e. The summed E-state index contributed by atoms with van der Waals surface area (Å²) in [7, 11) is 0. The van der Waals surface area contributed by atoms with Crippen LogP contribution in [0.3, 0.4) is 0 Å². The Morgan fingerprint density at radius 1 is 1.03 bits per heavy atom. The monoisotopic (exact) mass is 452 g/mol. The fourth-order valence-corrected chi connectivity index (χ4v) is 4.73. The van der Waals surface area contributed by atoms with E-state index in [-0.39, 0.29) is 6.61 Å². The van der Waals surface area contributed by atoms with Crippen molar-refractivity contribution in [2.45, 2.75) is 32.6 Å². The zero-order valence-electron chi connectivity index (χ0n) is 18.8. The minimum Gasteiger partial charge on any atom is -0.481 e. The van der Waals surface area contributed by atoms with E-state index in [2.05, 4.69) is 57.2 Å². The lowest BCUT2D eigenvalue weighted by atomic mass is 9.69. The molecule has 170 valence electrons. The number of H-pyrrole nitrogens is 1. The predicted molar refractivity (Wildman–Crippen MR) is 127 cm³/mol. The van der Waals surface area contributed by atoms with Gasteiger partial charge in [-0.15, -0.1) is 0 Å². The Balaban J connectivity index is 1.21. The molecule has 0 unspecified atom stereocenters. The first-order valence-electron chi connectivity index (χ1n) is 11.5. The molecule has 2 aliphatic rings. The molecule has 0 spiro atoms. The molecule has 4 aromatic rings. The number of hydrogen-bond donors (Lipinski definition) is 2. The lowest BCUT2D eigenvalue weighted by Gasteiger charge is -2.36. The quantitative estimate of drug-likeness (QED) is 0.374. The van der Waals surface area contributed by atoms with Crippen LogP contribution in [0, 0.1) is 12.3 Å². The smallest absolute Gasteiger partial charge is 0.313 e. The molecule has 7 heteroatoms. The number of hydrogen-bond acceptors (Lipinski definition) is 5. The lowest BCUT2D eigenvalue weighted by molar-refractivity contribution is -0.157. The van der Waals surface area contributed by atoms with Gasteiger partial charge in [-0.25, -0.2) is 9.97 Å². The number of rotatable bonds is 6. The van der Waals surface area contributed by atoms with Gasteiger partial charge in [-0.2, -0.15) is 0 Å². The Labute approximate surface area is 196 Å². The van der Waals surface area contributed by atoms with Crippen LogP contribution >= 0.6 is 0 Å². The molecule has 3 heterocycles. The summed E-state index contributed by atoms with van der Waals surface area (Å²) in [5, 5.41) is 9.52. The average Bonchev–Trinajstić information content (AvgIpc) is 3.43. The second kappa shape index (κ2) is 7.80. The van der Waals surface area contributed by atoms with E-state index in [1.165, 1.54) is 5.56 Å². The zero-order chi connectivity index (χ0) is 23.3. The minimum atomic E-state index is -0.783. The first-order chi connectivity index (χ1) is 16.5. The molecule has 0 bridgehead atoms. The minimum absolute atomic E-state index is 0.161. The van der Waals surface area contributed by atoms with Crippen LogP contribution in [0.25, 0.3) is 33.9 Å². The molecule has 0 aliphatic heterocycles. The number of fused-ring (bicyclic) bond motifs is 3. The number of aliphatic carboxylic acids is 1. The summed E-state index contributed by atoms with van der Waals surface area (Å²) in [5.74, 6) is 0.423. The van der Waals surface area contributed by atoms with Crippen LogP contribution in [0.5, 0.6) is 5.88 Å². The van der Waals surface area contributed by atoms with Crippen molar-refractivity contribution in [2.24, 2.45) is 5.41 Å². The van der Waals surface area contributed by atoms with Gasteiger partial charge >= 0.3 is 5.97 Å². The number of pyridine rings is 2. The number of nitrogens with zero attached hydrogens (tertiary/aromatic N) is 3. The molecule has 1 saturated carbocycles. The molecule has 2 N–H and O–H groups in total. The maximum absolute atomic E-state index is 11.6. The van der Waals surface area contributed by atoms with Crippen molar-refractivity contribution in [2.75, 3.05) is 6.61 Å². The van der Waals surface area contributed by atoms with Gasteiger partial charge in [0, 0.05) is 29.6 Å². The van der Waals surface area contributed by atoms with Gasteiger partial charge in [0.15, 0.2) is 5.82 Å². The molecule has 0 atom stereocenters. The fraction of sp³-hybridized carbons (Fsp3) is 0.259. The first-order valence-corrected chi connectivity index (χ1v) is 11.5. The standard InChI is InChI=1S/C27H24N4O3/c1-16-3-5-17(6-4-16)23-14-30-25(31-23)22-10-18-9-19-11-24(29-13-21(19)20(18)12-28-22)34-15-27(26(32)33)7-2-8-27/h3-6,10-14H,2,7-9,15H2,1H3,(H,30,31)(H,32,33). The maximum atomic E-state index is 11.6. The van der Waals surface area contributed by atoms with Crippen molar-refractivity contribution in [3.8, 4) is 39.8 Å². The molecule has 3 aromatic heterocycles. The van der Waals surface area contributed by atoms with Gasteiger partial charge in [0.1, 0.15) is 17.7 Å². The van der Waals surface area contributed by atoms with Crippen LogP contribution in [-0.2, 0) is 11.2 Å². The number of carbonyl (C=O) groups is 1. The van der Waals surface area contributed by atoms with Gasteiger partial charge in [-0.1, -0.05) is 36.2 Å². The van der Waals surface area contributed by atoms with Gasteiger partial charge in [-0.05, 0) is 48.9 Å². The summed E-state index contributed by atoms with van der Waals surface area (Å²) in [6.07, 6.45) is 8.50. The average molecular weight is 453 g/mol. The predicted octanol–water partition coefficient (Wildman–Crippen LogP) is 5.05. The van der Waals surface area contributed by atoms with E-state index in [1.807, 2.05) is 18.5 Å². The molecule has 1 fully saturated rings. The van der Waals surface area contributed by atoms with Crippen molar-refractivity contribution in [3.63, 3.8) is 0 Å². The van der Waals surface area contributed by atoms with Gasteiger partial charge in [0.2, 0.25) is 5.88 Å². The van der Waals surface area contributed by atoms with Gasteiger partial charge in [0.05, 0.1) is 11.9 Å². The van der Waals surface area contributed by atoms with Crippen molar-refractivity contribution in [1.82, 2.24) is 19.9 Å². The third kappa shape index (κ3) is 3.44. The summed E-state index contributed by atoms with van der Waals surface area (Å²) >= 11 is 0. The zero-order valence-corrected chi connectivity index (χ0v) is 18.8. The third-order valence-corrected chi connectivity index (χ3v) is 7.07. The number of carboxylic acids is 1. The number of benzene rings is 1. The number of aromatic amines is 1. The highest BCUT2D eigenvalue weighted by molar-refractivity contribution is 5.78. The molecule has 0 saturated heterocycles. The molecule has 2 aliphatic carbocycles. The van der Waals surface area contributed by atoms with Crippen LogP contribution in [0.15, 0.2) is 55.0 Å². The van der Waals surface area contributed by atoms with E-state index in [1.54, 1.807) is 6.20 Å². The van der Waals surface area contributed by atoms with Crippen LogP contribution in [-0.4, -0.2) is 37.6 Å². The molecule has 7 nitrogen and oxygen atoms in total. The molecule has 1 aromatic carbocycles. The Hall–Kier alpha value is -4.00. The van der Waals surface area contributed by atoms with Crippen molar-refractivity contribution < 1.29 is 14.6 Å². The van der Waals surface area contributed by atoms with Gasteiger partial charge in [-0.3, -0.25) is 9.78 Å². The molecular formula is C27H24N4O3. The number of nitrogens with one attached hydrogen (secondary N) is 1. The highest BCUT2D eigenvalue weighted by Gasteiger charge is 2.45. The normalized spacial score (nSPS) is 15.3. The Morgan fingerprint density at radius 3 is 2.47 bits per heavy atom. The van der Waals surface area contributed by atoms with Crippen LogP contribution in [0.2, 0.25) is 0 Å². The number of aromatic nitrogens is 4. The van der Waals surface area contributed by atoms with E-state index in [9.17, 15) is 9.90 Å². The Morgan fingerprint density at radius 2 is 1.76 bits per heavy atom. The van der Waals surface area contributed by atoms with E-state index in [0.29, 0.717) is 18.7 Å². The number of aryl methyl sites for hydroxylation is 1. The summed E-state index contributed by atoms with van der Waals surface area (Å²) in [6, 6.07) is 12.3. The number of carboxylic acid groups (broad SMARTS) is 1. The highest BCUT2D eigenvalue weighted by atomic mass is 16.5. The first kappa shape index (κ1) is 20.6. The molecule has 0 radical (unpaired) electrons. The van der Waals surface area contributed by atoms with Crippen LogP contribution in [0.1, 0.15) is 36.0 Å². The summed E-state index contributed by atoms with van der Waals surface area (Å²) in [6.45, 7) is 2.23. The summed E-state index contributed by atoms with van der Waals surface area (Å²) < 4.78 is 5.82. The molecule has 6 rings (SSSR count). The second-order valence-corrected chi connectivity index (χ2v) is 9.32. The van der Waals surface area contributed by atoms with E-state index in [0.717, 1.165) is 57.9 Å².